The molecule has 5 rings (SSSR count). The molecule has 33 heavy (non-hydrogen) atoms. The maximum absolute atomic E-state index is 5.56. The van der Waals surface area contributed by atoms with Gasteiger partial charge in [0.15, 0.2) is 0 Å². The molecule has 0 bridgehead atoms. The lowest BCUT2D eigenvalue weighted by atomic mass is 10.0. The summed E-state index contributed by atoms with van der Waals surface area (Å²) in [5.41, 5.74) is 15.3. The summed E-state index contributed by atoms with van der Waals surface area (Å²) in [7, 11) is 0. The normalized spacial score (nSPS) is 10.1. The minimum atomic E-state index is 0.852. The van der Waals surface area contributed by atoms with Gasteiger partial charge in [-0.3, -0.25) is 0 Å². The first-order chi connectivity index (χ1) is 16.1. The summed E-state index contributed by atoms with van der Waals surface area (Å²) in [6.45, 7) is 4.20. The molecule has 0 heterocycles. The van der Waals surface area contributed by atoms with Gasteiger partial charge in [-0.15, -0.1) is 0 Å². The highest BCUT2D eigenvalue weighted by molar-refractivity contribution is 6.07. The van der Waals surface area contributed by atoms with E-state index in [0.717, 1.165) is 16.9 Å². The Hall–Kier alpha value is -3.78. The molecular weight excluding hydrogens is 400 g/mol. The van der Waals surface area contributed by atoms with Gasteiger partial charge in [0, 0.05) is 11.4 Å². The molecule has 0 aromatic heterocycles. The van der Waals surface area contributed by atoms with Crippen LogP contribution in [0.2, 0.25) is 0 Å². The van der Waals surface area contributed by atoms with Gasteiger partial charge in [0.05, 0.1) is 0 Å². The van der Waals surface area contributed by atoms with E-state index in [-0.39, 0.29) is 0 Å². The molecule has 0 radical (unpaired) electrons. The second kappa shape index (κ2) is 12.3. The Morgan fingerprint density at radius 1 is 0.576 bits per heavy atom. The van der Waals surface area contributed by atoms with Gasteiger partial charge >= 0.3 is 0 Å². The second-order valence-corrected chi connectivity index (χ2v) is 8.21. The monoisotopic (exact) mass is 434 g/mol. The fraction of sp³-hybridized carbons (Fsp3) is 0.161. The van der Waals surface area contributed by atoms with E-state index < -0.39 is 0 Å². The number of anilines is 2. The van der Waals surface area contributed by atoms with Crippen molar-refractivity contribution in [2.75, 3.05) is 11.5 Å². The van der Waals surface area contributed by atoms with Crippen LogP contribution in [0.4, 0.5) is 11.4 Å². The first kappa shape index (κ1) is 23.9. The van der Waals surface area contributed by atoms with Crippen LogP contribution in [-0.4, -0.2) is 0 Å². The van der Waals surface area contributed by atoms with E-state index in [1.54, 1.807) is 0 Å². The summed E-state index contributed by atoms with van der Waals surface area (Å²) in [5, 5.41) is 5.30. The summed E-state index contributed by atoms with van der Waals surface area (Å²) in [4.78, 5) is 0. The second-order valence-electron chi connectivity index (χ2n) is 8.21. The van der Waals surface area contributed by atoms with E-state index in [9.17, 15) is 0 Å². The largest absolute Gasteiger partial charge is 0.399 e. The highest BCUT2D eigenvalue weighted by Gasteiger charge is 1.97. The Kier molecular flexibility index (Phi) is 8.90. The standard InChI is InChI=1S/C14H10.C10H15N.C7H9N/c1-3-7-13-11(5-1)9-10-12-6-2-4-8-14(12)13;1-2-3-4-9-5-7-10(11)8-6-9;1-6-4-2-3-5-7(6)8/h1-10H;5-8H,2-4,11H2,1H3;2-5H,8H2,1H3. The van der Waals surface area contributed by atoms with Crippen LogP contribution in [0.25, 0.3) is 21.5 Å². The van der Waals surface area contributed by atoms with E-state index >= 15 is 0 Å². The number of hydrogen-bond donors (Lipinski definition) is 2. The van der Waals surface area contributed by atoms with Crippen molar-refractivity contribution in [2.45, 2.75) is 33.1 Å². The summed E-state index contributed by atoms with van der Waals surface area (Å²) in [5.74, 6) is 0. The fourth-order valence-corrected chi connectivity index (χ4v) is 3.61. The molecule has 5 aromatic rings. The summed E-state index contributed by atoms with van der Waals surface area (Å²) < 4.78 is 0. The summed E-state index contributed by atoms with van der Waals surface area (Å²) in [6, 6.07) is 37.3. The molecule has 0 atom stereocenters. The molecule has 0 aliphatic rings. The number of fused-ring (bicyclic) bond motifs is 3. The topological polar surface area (TPSA) is 52.0 Å². The molecule has 0 saturated heterocycles. The minimum Gasteiger partial charge on any atom is -0.399 e. The lowest BCUT2D eigenvalue weighted by Gasteiger charge is -2.02. The zero-order chi connectivity index (χ0) is 23.5. The quantitative estimate of drug-likeness (QED) is 0.222. The van der Waals surface area contributed by atoms with Gasteiger partial charge in [-0.25, -0.2) is 0 Å². The third kappa shape index (κ3) is 7.11. The van der Waals surface area contributed by atoms with Crippen molar-refractivity contribution in [1.82, 2.24) is 0 Å². The molecule has 0 aliphatic carbocycles. The van der Waals surface area contributed by atoms with Gasteiger partial charge in [0.25, 0.3) is 0 Å². The van der Waals surface area contributed by atoms with E-state index in [1.165, 1.54) is 46.4 Å². The van der Waals surface area contributed by atoms with Crippen LogP contribution in [0.15, 0.2) is 109 Å². The number of para-hydroxylation sites is 1. The Morgan fingerprint density at radius 3 is 1.58 bits per heavy atom. The minimum absolute atomic E-state index is 0.852. The van der Waals surface area contributed by atoms with Crippen LogP contribution in [0.5, 0.6) is 0 Å². The van der Waals surface area contributed by atoms with E-state index in [1.807, 2.05) is 43.3 Å². The van der Waals surface area contributed by atoms with Crippen molar-refractivity contribution in [3.05, 3.63) is 120 Å². The van der Waals surface area contributed by atoms with E-state index in [4.69, 9.17) is 11.5 Å². The van der Waals surface area contributed by atoms with Crippen LogP contribution in [0, 0.1) is 6.92 Å². The zero-order valence-corrected chi connectivity index (χ0v) is 19.7. The smallest absolute Gasteiger partial charge is 0.0343 e. The molecule has 0 spiro atoms. The van der Waals surface area contributed by atoms with Crippen LogP contribution in [-0.2, 0) is 6.42 Å². The lowest BCUT2D eigenvalue weighted by Crippen LogP contribution is -1.87. The molecule has 5 aromatic carbocycles. The van der Waals surface area contributed by atoms with Crippen LogP contribution in [0.3, 0.4) is 0 Å². The predicted molar refractivity (Wildman–Crippen MR) is 147 cm³/mol. The van der Waals surface area contributed by atoms with Gasteiger partial charge in [0.2, 0.25) is 0 Å². The summed E-state index contributed by atoms with van der Waals surface area (Å²) >= 11 is 0. The van der Waals surface area contributed by atoms with Crippen molar-refractivity contribution >= 4 is 32.9 Å². The molecule has 168 valence electrons. The zero-order valence-electron chi connectivity index (χ0n) is 19.7. The number of unbranched alkanes of at least 4 members (excludes halogenated alkanes) is 1. The van der Waals surface area contributed by atoms with Gasteiger partial charge < -0.3 is 11.5 Å². The molecule has 0 aliphatic heterocycles. The number of nitrogen functional groups attached to an aromatic ring is 2. The van der Waals surface area contributed by atoms with Crippen molar-refractivity contribution in [3.8, 4) is 0 Å². The van der Waals surface area contributed by atoms with Crippen molar-refractivity contribution in [1.29, 1.82) is 0 Å². The van der Waals surface area contributed by atoms with Crippen LogP contribution in [0.1, 0.15) is 30.9 Å². The third-order valence-electron chi connectivity index (χ3n) is 5.64. The predicted octanol–water partition coefficient (Wildman–Crippen LogP) is 8.18. The first-order valence-corrected chi connectivity index (χ1v) is 11.6. The van der Waals surface area contributed by atoms with Crippen LogP contribution >= 0.6 is 0 Å². The number of benzene rings is 5. The van der Waals surface area contributed by atoms with Gasteiger partial charge in [-0.05, 0) is 70.6 Å². The SMILES string of the molecule is CCCCc1ccc(N)cc1.Cc1ccccc1N.c1ccc2c(c1)ccc1ccccc12. The lowest BCUT2D eigenvalue weighted by molar-refractivity contribution is 0.795. The maximum Gasteiger partial charge on any atom is 0.0343 e. The summed E-state index contributed by atoms with van der Waals surface area (Å²) in [6.07, 6.45) is 3.70. The van der Waals surface area contributed by atoms with Crippen LogP contribution < -0.4 is 11.5 Å². The average molecular weight is 435 g/mol. The highest BCUT2D eigenvalue weighted by Crippen LogP contribution is 2.24. The molecule has 4 N–H and O–H groups in total. The molecule has 0 unspecified atom stereocenters. The molecule has 0 saturated carbocycles. The van der Waals surface area contributed by atoms with Gasteiger partial charge in [0.1, 0.15) is 0 Å². The van der Waals surface area contributed by atoms with Gasteiger partial charge in [-0.1, -0.05) is 104 Å². The Labute approximate surface area is 197 Å². The Balaban J connectivity index is 0.000000145. The number of rotatable bonds is 3. The number of aryl methyl sites for hydroxylation is 2. The molecular formula is C31H34N2. The first-order valence-electron chi connectivity index (χ1n) is 11.6. The molecule has 0 fully saturated rings. The third-order valence-corrected chi connectivity index (χ3v) is 5.64. The molecule has 2 nitrogen and oxygen atoms in total. The number of nitrogens with two attached hydrogens (primary N) is 2. The fourth-order valence-electron chi connectivity index (χ4n) is 3.61. The molecule has 0 amide bonds. The number of hydrogen-bond acceptors (Lipinski definition) is 2. The van der Waals surface area contributed by atoms with Gasteiger partial charge in [-0.2, -0.15) is 0 Å². The molecule has 2 heteroatoms. The van der Waals surface area contributed by atoms with Crippen molar-refractivity contribution in [2.24, 2.45) is 0 Å². The Bertz CT molecular complexity index is 1200. The van der Waals surface area contributed by atoms with E-state index in [2.05, 4.69) is 79.7 Å². The van der Waals surface area contributed by atoms with Crippen molar-refractivity contribution in [3.63, 3.8) is 0 Å². The highest BCUT2D eigenvalue weighted by atomic mass is 14.5. The maximum atomic E-state index is 5.56. The van der Waals surface area contributed by atoms with E-state index in [0.29, 0.717) is 0 Å². The Morgan fingerprint density at radius 2 is 1.09 bits per heavy atom. The van der Waals surface area contributed by atoms with Crippen molar-refractivity contribution < 1.29 is 0 Å². The average Bonchev–Trinajstić information content (AvgIpc) is 2.86.